The molecule has 0 radical (unpaired) electrons. The van der Waals surface area contributed by atoms with E-state index in [1.807, 2.05) is 0 Å². The highest BCUT2D eigenvalue weighted by Gasteiger charge is 2.29. The Morgan fingerprint density at radius 1 is 1.39 bits per heavy atom. The second-order valence-corrected chi connectivity index (χ2v) is 5.38. The molecule has 0 aromatic carbocycles. The fourth-order valence-corrected chi connectivity index (χ4v) is 2.77. The molecule has 2 heterocycles. The fraction of sp³-hybridized carbons (Fsp3) is 0.583. The van der Waals surface area contributed by atoms with E-state index in [9.17, 15) is 4.39 Å². The molecular weight excluding hydrogens is 255 g/mol. The first-order chi connectivity index (χ1) is 8.40. The lowest BCUT2D eigenvalue weighted by atomic mass is 10.1. The van der Waals surface area contributed by atoms with E-state index < -0.39 is 5.95 Å². The molecule has 1 aromatic rings. The molecule has 0 amide bonds. The third-order valence-electron chi connectivity index (χ3n) is 3.30. The van der Waals surface area contributed by atoms with Gasteiger partial charge in [0.1, 0.15) is 10.8 Å². The molecule has 100 valence electrons. The van der Waals surface area contributed by atoms with Gasteiger partial charge in [-0.2, -0.15) is 4.39 Å². The number of nitrogens with two attached hydrogens (primary N) is 1. The average Bonchev–Trinajstić information content (AvgIpc) is 2.24. The zero-order valence-electron chi connectivity index (χ0n) is 10.8. The number of nitrogen functional groups attached to an aromatic ring is 1. The fourth-order valence-electron chi connectivity index (χ4n) is 2.67. The van der Waals surface area contributed by atoms with Crippen LogP contribution in [0.25, 0.3) is 0 Å². The van der Waals surface area contributed by atoms with Crippen molar-refractivity contribution >= 4 is 23.1 Å². The summed E-state index contributed by atoms with van der Waals surface area (Å²) in [4.78, 5) is 8.26. The second kappa shape index (κ2) is 4.90. The van der Waals surface area contributed by atoms with E-state index >= 15 is 0 Å². The first-order valence-corrected chi connectivity index (χ1v) is 6.36. The summed E-state index contributed by atoms with van der Waals surface area (Å²) in [5.74, 6) is -0.146. The van der Waals surface area contributed by atoms with Crippen molar-refractivity contribution in [3.05, 3.63) is 17.0 Å². The van der Waals surface area contributed by atoms with E-state index in [0.29, 0.717) is 5.82 Å². The van der Waals surface area contributed by atoms with Crippen molar-refractivity contribution in [2.75, 3.05) is 30.8 Å². The number of nitrogens with zero attached hydrogens (tertiary/aromatic N) is 3. The number of hydrogen-bond donors (Lipinski definition) is 1. The second-order valence-electron chi connectivity index (χ2n) is 5.00. The number of piperazine rings is 1. The first kappa shape index (κ1) is 13.4. The smallest absolute Gasteiger partial charge is 0.235 e. The Kier molecular flexibility index (Phi) is 3.64. The van der Waals surface area contributed by atoms with Crippen LogP contribution in [0.3, 0.4) is 0 Å². The minimum absolute atomic E-state index is 0.104. The van der Waals surface area contributed by atoms with E-state index in [-0.39, 0.29) is 22.8 Å². The predicted octanol–water partition coefficient (Wildman–Crippen LogP) is 1.99. The molecule has 0 aliphatic carbocycles. The molecule has 4 nitrogen and oxygen atoms in total. The van der Waals surface area contributed by atoms with Gasteiger partial charge in [-0.1, -0.05) is 11.6 Å². The Morgan fingerprint density at radius 2 is 1.94 bits per heavy atom. The highest BCUT2D eigenvalue weighted by atomic mass is 35.5. The van der Waals surface area contributed by atoms with Crippen LogP contribution in [0.4, 0.5) is 15.9 Å². The molecule has 6 heteroatoms. The molecule has 1 aromatic heterocycles. The molecule has 2 N–H and O–H groups in total. The maximum absolute atomic E-state index is 13.6. The predicted molar refractivity (Wildman–Crippen MR) is 72.5 cm³/mol. The Hall–Kier alpha value is -1.07. The van der Waals surface area contributed by atoms with Crippen molar-refractivity contribution in [1.29, 1.82) is 0 Å². The van der Waals surface area contributed by atoms with Crippen LogP contribution in [-0.2, 0) is 0 Å². The molecule has 1 saturated heterocycles. The standard InChI is InChI=1S/C12H18ClFN4/c1-7-5-17(3)6-8(2)18(7)10-4-9(15)11(13)12(14)16-10/h4,7-8H,5-6H2,1-3H3,(H2,15,16)/t7-,8-/m0/s1. The van der Waals surface area contributed by atoms with Crippen molar-refractivity contribution in [3.8, 4) is 0 Å². The summed E-state index contributed by atoms with van der Waals surface area (Å²) in [6, 6.07) is 2.15. The van der Waals surface area contributed by atoms with Gasteiger partial charge >= 0.3 is 0 Å². The third-order valence-corrected chi connectivity index (χ3v) is 3.67. The van der Waals surface area contributed by atoms with Crippen LogP contribution in [0.2, 0.25) is 5.02 Å². The van der Waals surface area contributed by atoms with Crippen molar-refractivity contribution in [1.82, 2.24) is 9.88 Å². The molecule has 0 bridgehead atoms. The Balaban J connectivity index is 2.36. The van der Waals surface area contributed by atoms with Gasteiger partial charge in [0, 0.05) is 31.2 Å². The monoisotopic (exact) mass is 272 g/mol. The summed E-state index contributed by atoms with van der Waals surface area (Å²) in [5.41, 5.74) is 5.93. The molecule has 18 heavy (non-hydrogen) atoms. The van der Waals surface area contributed by atoms with Gasteiger partial charge in [-0.15, -0.1) is 0 Å². The number of pyridine rings is 1. The van der Waals surface area contributed by atoms with Crippen molar-refractivity contribution < 1.29 is 4.39 Å². The number of rotatable bonds is 1. The van der Waals surface area contributed by atoms with Crippen LogP contribution < -0.4 is 10.6 Å². The molecule has 1 aliphatic rings. The number of likely N-dealkylation sites (N-methyl/N-ethyl adjacent to an activating group) is 1. The summed E-state index contributed by atoms with van der Waals surface area (Å²) in [7, 11) is 2.08. The maximum Gasteiger partial charge on any atom is 0.235 e. The van der Waals surface area contributed by atoms with Crippen molar-refractivity contribution in [2.24, 2.45) is 0 Å². The SMILES string of the molecule is C[C@H]1CN(C)C[C@H](C)N1c1cc(N)c(Cl)c(F)n1. The van der Waals surface area contributed by atoms with E-state index in [1.165, 1.54) is 0 Å². The average molecular weight is 273 g/mol. The van der Waals surface area contributed by atoms with Gasteiger partial charge in [-0.3, -0.25) is 0 Å². The molecule has 0 unspecified atom stereocenters. The van der Waals surface area contributed by atoms with Gasteiger partial charge in [0.25, 0.3) is 0 Å². The summed E-state index contributed by atoms with van der Waals surface area (Å²) in [5, 5.41) is -0.104. The highest BCUT2D eigenvalue weighted by molar-refractivity contribution is 6.33. The summed E-state index contributed by atoms with van der Waals surface area (Å²) in [6.45, 7) is 6.01. The quantitative estimate of drug-likeness (QED) is 0.794. The normalized spacial score (nSPS) is 25.5. The Morgan fingerprint density at radius 3 is 2.44 bits per heavy atom. The molecule has 1 fully saturated rings. The maximum atomic E-state index is 13.6. The molecule has 1 aliphatic heterocycles. The molecule has 2 atom stereocenters. The number of hydrogen-bond acceptors (Lipinski definition) is 4. The molecule has 2 rings (SSSR count). The van der Waals surface area contributed by atoms with Gasteiger partial charge in [0.2, 0.25) is 5.95 Å². The van der Waals surface area contributed by atoms with E-state index in [1.54, 1.807) is 6.07 Å². The number of anilines is 2. The summed E-state index contributed by atoms with van der Waals surface area (Å²) in [6.07, 6.45) is 0. The lowest BCUT2D eigenvalue weighted by Gasteiger charge is -2.44. The Bertz CT molecular complexity index is 419. The lowest BCUT2D eigenvalue weighted by Crippen LogP contribution is -2.56. The van der Waals surface area contributed by atoms with Crippen LogP contribution in [0.1, 0.15) is 13.8 Å². The number of halogens is 2. The van der Waals surface area contributed by atoms with Gasteiger partial charge in [-0.05, 0) is 20.9 Å². The van der Waals surface area contributed by atoms with Crippen LogP contribution in [0, 0.1) is 5.95 Å². The first-order valence-electron chi connectivity index (χ1n) is 5.98. The van der Waals surface area contributed by atoms with E-state index in [4.69, 9.17) is 17.3 Å². The van der Waals surface area contributed by atoms with Crippen molar-refractivity contribution in [2.45, 2.75) is 25.9 Å². The van der Waals surface area contributed by atoms with Gasteiger partial charge < -0.3 is 15.5 Å². The zero-order valence-corrected chi connectivity index (χ0v) is 11.6. The Labute approximate surface area is 112 Å². The minimum Gasteiger partial charge on any atom is -0.397 e. The third kappa shape index (κ3) is 2.37. The molecule has 0 saturated carbocycles. The van der Waals surface area contributed by atoms with Gasteiger partial charge in [-0.25, -0.2) is 4.98 Å². The molecular formula is C12H18ClFN4. The van der Waals surface area contributed by atoms with Crippen LogP contribution in [0.15, 0.2) is 6.07 Å². The number of aromatic nitrogens is 1. The summed E-state index contributed by atoms with van der Waals surface area (Å²) >= 11 is 5.70. The van der Waals surface area contributed by atoms with Crippen LogP contribution in [0.5, 0.6) is 0 Å². The zero-order chi connectivity index (χ0) is 13.4. The van der Waals surface area contributed by atoms with E-state index in [2.05, 4.69) is 35.7 Å². The van der Waals surface area contributed by atoms with Crippen LogP contribution >= 0.6 is 11.6 Å². The summed E-state index contributed by atoms with van der Waals surface area (Å²) < 4.78 is 13.6. The largest absolute Gasteiger partial charge is 0.397 e. The van der Waals surface area contributed by atoms with Gasteiger partial charge in [0.05, 0.1) is 5.69 Å². The van der Waals surface area contributed by atoms with Crippen LogP contribution in [-0.4, -0.2) is 42.1 Å². The van der Waals surface area contributed by atoms with Crippen molar-refractivity contribution in [3.63, 3.8) is 0 Å². The highest BCUT2D eigenvalue weighted by Crippen LogP contribution is 2.29. The minimum atomic E-state index is -0.704. The molecule has 0 spiro atoms. The lowest BCUT2D eigenvalue weighted by molar-refractivity contribution is 0.239. The van der Waals surface area contributed by atoms with Gasteiger partial charge in [0.15, 0.2) is 0 Å². The topological polar surface area (TPSA) is 45.4 Å². The van der Waals surface area contributed by atoms with E-state index in [0.717, 1.165) is 13.1 Å².